The molecule has 2 aromatic carbocycles. The summed E-state index contributed by atoms with van der Waals surface area (Å²) in [6.45, 7) is 7.15. The first-order chi connectivity index (χ1) is 13.2. The van der Waals surface area contributed by atoms with Gasteiger partial charge in [0.2, 0.25) is 0 Å². The molecule has 0 saturated heterocycles. The van der Waals surface area contributed by atoms with Crippen molar-refractivity contribution in [2.45, 2.75) is 39.0 Å². The van der Waals surface area contributed by atoms with E-state index in [1.165, 1.54) is 0 Å². The maximum Gasteiger partial charge on any atom is 0.407 e. The Morgan fingerprint density at radius 2 is 1.63 bits per heavy atom. The molecule has 0 spiro atoms. The predicted octanol–water partition coefficient (Wildman–Crippen LogP) is 5.10. The van der Waals surface area contributed by atoms with E-state index in [0.29, 0.717) is 19.1 Å². The Kier molecular flexibility index (Phi) is 9.14. The molecule has 2 aromatic rings. The van der Waals surface area contributed by atoms with Gasteiger partial charge in [0.1, 0.15) is 6.61 Å². The minimum Gasteiger partial charge on any atom is -0.445 e. The van der Waals surface area contributed by atoms with Crippen molar-refractivity contribution in [1.29, 1.82) is 0 Å². The van der Waals surface area contributed by atoms with E-state index in [4.69, 9.17) is 9.47 Å². The van der Waals surface area contributed by atoms with Crippen molar-refractivity contribution in [3.05, 3.63) is 84.4 Å². The summed E-state index contributed by atoms with van der Waals surface area (Å²) < 4.78 is 11.2. The lowest BCUT2D eigenvalue weighted by molar-refractivity contribution is 0.0830. The van der Waals surface area contributed by atoms with Gasteiger partial charge in [-0.15, -0.1) is 6.58 Å². The van der Waals surface area contributed by atoms with Crippen molar-refractivity contribution >= 4 is 6.09 Å². The normalized spacial score (nSPS) is 12.8. The van der Waals surface area contributed by atoms with Crippen LogP contribution in [0, 0.1) is 5.92 Å². The lowest BCUT2D eigenvalue weighted by Gasteiger charge is -2.21. The van der Waals surface area contributed by atoms with Crippen LogP contribution in [0.2, 0.25) is 0 Å². The zero-order chi connectivity index (χ0) is 19.3. The van der Waals surface area contributed by atoms with Gasteiger partial charge in [0, 0.05) is 0 Å². The highest BCUT2D eigenvalue weighted by Crippen LogP contribution is 2.13. The zero-order valence-electron chi connectivity index (χ0n) is 16.0. The number of hydrogen-bond donors (Lipinski definition) is 1. The largest absolute Gasteiger partial charge is 0.445 e. The topological polar surface area (TPSA) is 47.6 Å². The molecule has 27 heavy (non-hydrogen) atoms. The van der Waals surface area contributed by atoms with Crippen molar-refractivity contribution in [2.24, 2.45) is 5.92 Å². The fourth-order valence-electron chi connectivity index (χ4n) is 2.86. The summed E-state index contributed by atoms with van der Waals surface area (Å²) in [6, 6.07) is 19.5. The third-order valence-electron chi connectivity index (χ3n) is 4.22. The molecule has 0 radical (unpaired) electrons. The van der Waals surface area contributed by atoms with E-state index in [9.17, 15) is 4.79 Å². The number of alkyl carbamates (subject to hydrolysis) is 1. The molecule has 2 rings (SSSR count). The second-order valence-corrected chi connectivity index (χ2v) is 6.77. The fourth-order valence-corrected chi connectivity index (χ4v) is 2.86. The van der Waals surface area contributed by atoms with Crippen LogP contribution in [0.1, 0.15) is 30.9 Å². The SMILES string of the molecule is C=CC[C@H](C)C[C@@H](COCc1ccccc1)NC(=O)OCc1ccccc1. The Morgan fingerprint density at radius 3 is 2.22 bits per heavy atom. The molecule has 4 nitrogen and oxygen atoms in total. The Bertz CT molecular complexity index is 673. The highest BCUT2D eigenvalue weighted by atomic mass is 16.5. The lowest BCUT2D eigenvalue weighted by atomic mass is 9.99. The van der Waals surface area contributed by atoms with Gasteiger partial charge in [-0.2, -0.15) is 0 Å². The molecule has 0 heterocycles. The summed E-state index contributed by atoms with van der Waals surface area (Å²) in [5, 5.41) is 2.94. The van der Waals surface area contributed by atoms with Gasteiger partial charge < -0.3 is 14.8 Å². The van der Waals surface area contributed by atoms with Gasteiger partial charge in [0.05, 0.1) is 19.3 Å². The van der Waals surface area contributed by atoms with E-state index >= 15 is 0 Å². The molecule has 2 atom stereocenters. The van der Waals surface area contributed by atoms with Crippen molar-refractivity contribution in [2.75, 3.05) is 6.61 Å². The van der Waals surface area contributed by atoms with E-state index in [1.807, 2.05) is 66.7 Å². The summed E-state index contributed by atoms with van der Waals surface area (Å²) in [7, 11) is 0. The van der Waals surface area contributed by atoms with E-state index in [1.54, 1.807) is 0 Å². The van der Waals surface area contributed by atoms with Gasteiger partial charge in [0.15, 0.2) is 0 Å². The molecule has 0 bridgehead atoms. The first-order valence-corrected chi connectivity index (χ1v) is 9.37. The zero-order valence-corrected chi connectivity index (χ0v) is 16.0. The Labute approximate surface area is 162 Å². The van der Waals surface area contributed by atoms with Gasteiger partial charge in [-0.3, -0.25) is 0 Å². The van der Waals surface area contributed by atoms with E-state index in [2.05, 4.69) is 18.8 Å². The third-order valence-corrected chi connectivity index (χ3v) is 4.22. The maximum atomic E-state index is 12.2. The number of hydrogen-bond acceptors (Lipinski definition) is 3. The third kappa shape index (κ3) is 8.56. The maximum absolute atomic E-state index is 12.2. The Hall–Kier alpha value is -2.59. The Morgan fingerprint density at radius 1 is 1.04 bits per heavy atom. The molecular weight excluding hydrogens is 338 g/mol. The Balaban J connectivity index is 1.82. The molecule has 0 aliphatic rings. The molecule has 0 fully saturated rings. The summed E-state index contributed by atoms with van der Waals surface area (Å²) in [5.41, 5.74) is 2.08. The van der Waals surface area contributed by atoms with Gasteiger partial charge in [-0.1, -0.05) is 73.7 Å². The highest BCUT2D eigenvalue weighted by molar-refractivity contribution is 5.67. The van der Waals surface area contributed by atoms with E-state index in [0.717, 1.165) is 24.0 Å². The molecule has 1 N–H and O–H groups in total. The molecule has 0 aliphatic heterocycles. The monoisotopic (exact) mass is 367 g/mol. The van der Waals surface area contributed by atoms with Crippen LogP contribution in [-0.2, 0) is 22.7 Å². The number of amides is 1. The minimum atomic E-state index is -0.419. The van der Waals surface area contributed by atoms with Gasteiger partial charge >= 0.3 is 6.09 Å². The molecule has 0 aliphatic carbocycles. The number of ether oxygens (including phenoxy) is 2. The molecule has 144 valence electrons. The molecule has 0 unspecified atom stereocenters. The number of nitrogens with one attached hydrogen (secondary N) is 1. The van der Waals surface area contributed by atoms with Crippen LogP contribution in [0.15, 0.2) is 73.3 Å². The van der Waals surface area contributed by atoms with Crippen molar-refractivity contribution in [3.63, 3.8) is 0 Å². The summed E-state index contributed by atoms with van der Waals surface area (Å²) in [4.78, 5) is 12.2. The number of allylic oxidation sites excluding steroid dienone is 1. The quantitative estimate of drug-likeness (QED) is 0.562. The number of benzene rings is 2. The van der Waals surface area contributed by atoms with Crippen LogP contribution in [0.4, 0.5) is 4.79 Å². The first kappa shape index (κ1) is 20.7. The van der Waals surface area contributed by atoms with Crippen molar-refractivity contribution in [1.82, 2.24) is 5.32 Å². The second-order valence-electron chi connectivity index (χ2n) is 6.77. The van der Waals surface area contributed by atoms with E-state index < -0.39 is 6.09 Å². The summed E-state index contributed by atoms with van der Waals surface area (Å²) in [5.74, 6) is 0.405. The fraction of sp³-hybridized carbons (Fsp3) is 0.348. The molecular formula is C23H29NO3. The van der Waals surface area contributed by atoms with Crippen LogP contribution < -0.4 is 5.32 Å². The standard InChI is InChI=1S/C23H29NO3/c1-3-10-19(2)15-22(18-26-16-20-11-6-4-7-12-20)24-23(25)27-17-21-13-8-5-9-14-21/h3-9,11-14,19,22H,1,10,15-18H2,2H3,(H,24,25)/t19-,22-/m0/s1. The van der Waals surface area contributed by atoms with Crippen LogP contribution in [-0.4, -0.2) is 18.7 Å². The van der Waals surface area contributed by atoms with Crippen molar-refractivity contribution in [3.8, 4) is 0 Å². The molecule has 4 heteroatoms. The lowest BCUT2D eigenvalue weighted by Crippen LogP contribution is -2.39. The predicted molar refractivity (Wildman–Crippen MR) is 108 cm³/mol. The second kappa shape index (κ2) is 11.9. The van der Waals surface area contributed by atoms with Crippen LogP contribution in [0.3, 0.4) is 0 Å². The average molecular weight is 367 g/mol. The summed E-state index contributed by atoms with van der Waals surface area (Å²) in [6.07, 6.45) is 3.19. The van der Waals surface area contributed by atoms with Crippen LogP contribution >= 0.6 is 0 Å². The van der Waals surface area contributed by atoms with Gasteiger partial charge in [-0.05, 0) is 29.9 Å². The van der Waals surface area contributed by atoms with Crippen LogP contribution in [0.5, 0.6) is 0 Å². The number of rotatable bonds is 11. The minimum absolute atomic E-state index is 0.105. The molecule has 0 saturated carbocycles. The van der Waals surface area contributed by atoms with Gasteiger partial charge in [-0.25, -0.2) is 4.79 Å². The summed E-state index contributed by atoms with van der Waals surface area (Å²) >= 11 is 0. The van der Waals surface area contributed by atoms with Crippen molar-refractivity contribution < 1.29 is 14.3 Å². The van der Waals surface area contributed by atoms with E-state index in [-0.39, 0.29) is 12.6 Å². The molecule has 0 aromatic heterocycles. The van der Waals surface area contributed by atoms with Gasteiger partial charge in [0.25, 0.3) is 0 Å². The number of carbonyl (C=O) groups is 1. The smallest absolute Gasteiger partial charge is 0.407 e. The molecule has 1 amide bonds. The number of carbonyl (C=O) groups excluding carboxylic acids is 1. The average Bonchev–Trinajstić information content (AvgIpc) is 2.68. The highest BCUT2D eigenvalue weighted by Gasteiger charge is 2.17. The van der Waals surface area contributed by atoms with Crippen LogP contribution in [0.25, 0.3) is 0 Å². The first-order valence-electron chi connectivity index (χ1n) is 9.37.